The van der Waals surface area contributed by atoms with Crippen molar-refractivity contribution < 1.29 is 22.7 Å². The number of nitrogens with one attached hydrogen (secondary N) is 1. The zero-order valence-corrected chi connectivity index (χ0v) is 26.7. The highest BCUT2D eigenvalue weighted by Crippen LogP contribution is 2.30. The molecule has 0 heterocycles. The minimum absolute atomic E-state index is 0.0217. The van der Waals surface area contributed by atoms with E-state index >= 15 is 0 Å². The van der Waals surface area contributed by atoms with Crippen LogP contribution in [0.25, 0.3) is 0 Å². The molecule has 0 bridgehead atoms. The molecule has 1 aliphatic carbocycles. The third kappa shape index (κ3) is 8.02. The number of benzene rings is 3. The molecule has 1 fully saturated rings. The van der Waals surface area contributed by atoms with Gasteiger partial charge < -0.3 is 15.0 Å². The highest BCUT2D eigenvalue weighted by atomic mass is 35.5. The van der Waals surface area contributed by atoms with Gasteiger partial charge in [-0.25, -0.2) is 8.42 Å². The number of methoxy groups -OCH3 is 1. The van der Waals surface area contributed by atoms with Gasteiger partial charge in [0.2, 0.25) is 11.8 Å². The van der Waals surface area contributed by atoms with E-state index in [1.165, 1.54) is 24.1 Å². The second-order valence-electron chi connectivity index (χ2n) is 10.5. The number of carbonyl (C=O) groups is 2. The van der Waals surface area contributed by atoms with Crippen molar-refractivity contribution in [3.8, 4) is 5.75 Å². The lowest BCUT2D eigenvalue weighted by molar-refractivity contribution is -0.140. The number of sulfonamides is 1. The number of ether oxygens (including phenoxy) is 1. The second kappa shape index (κ2) is 14.9. The molecule has 3 aromatic rings. The average molecular weight is 647 g/mol. The summed E-state index contributed by atoms with van der Waals surface area (Å²) < 4.78 is 34.4. The fourth-order valence-corrected chi connectivity index (χ4v) is 7.28. The minimum Gasteiger partial charge on any atom is -0.497 e. The second-order valence-corrected chi connectivity index (χ2v) is 13.2. The van der Waals surface area contributed by atoms with E-state index in [0.717, 1.165) is 36.4 Å². The van der Waals surface area contributed by atoms with Crippen molar-refractivity contribution in [2.24, 2.45) is 0 Å². The molecule has 1 N–H and O–H groups in total. The van der Waals surface area contributed by atoms with E-state index in [1.54, 1.807) is 60.7 Å². The van der Waals surface area contributed by atoms with Crippen LogP contribution in [0.4, 0.5) is 5.69 Å². The minimum atomic E-state index is -4.19. The van der Waals surface area contributed by atoms with Crippen molar-refractivity contribution >= 4 is 50.7 Å². The Labute approximate surface area is 264 Å². The zero-order valence-electron chi connectivity index (χ0n) is 24.3. The normalized spacial score (nSPS) is 14.5. The van der Waals surface area contributed by atoms with Crippen LogP contribution in [0.15, 0.2) is 77.7 Å². The van der Waals surface area contributed by atoms with Gasteiger partial charge in [0.05, 0.1) is 17.7 Å². The molecule has 0 aromatic heterocycles. The van der Waals surface area contributed by atoms with Gasteiger partial charge in [0.1, 0.15) is 18.3 Å². The molecular weight excluding hydrogens is 609 g/mol. The molecular formula is C32H37Cl2N3O5S. The number of amides is 2. The lowest BCUT2D eigenvalue weighted by atomic mass is 9.95. The van der Waals surface area contributed by atoms with Crippen LogP contribution < -0.4 is 14.4 Å². The maximum Gasteiger partial charge on any atom is 0.264 e. The quantitative estimate of drug-likeness (QED) is 0.244. The SMILES string of the molecule is CC[C@H](C(=O)NC1CCCCC1)N(Cc1c(Cl)cccc1Cl)C(=O)CN(c1cccc(OC)c1)S(=O)(=O)c1ccccc1. The Morgan fingerprint density at radius 3 is 2.23 bits per heavy atom. The Morgan fingerprint density at radius 2 is 1.60 bits per heavy atom. The lowest BCUT2D eigenvalue weighted by Gasteiger charge is -2.34. The maximum absolute atomic E-state index is 14.3. The largest absolute Gasteiger partial charge is 0.497 e. The third-order valence-corrected chi connectivity index (χ3v) is 10.2. The van der Waals surface area contributed by atoms with Crippen molar-refractivity contribution in [2.45, 2.75) is 69.0 Å². The molecule has 0 unspecified atom stereocenters. The van der Waals surface area contributed by atoms with Gasteiger partial charge in [-0.05, 0) is 55.7 Å². The van der Waals surface area contributed by atoms with Crippen LogP contribution in [0.3, 0.4) is 0 Å². The number of hydrogen-bond donors (Lipinski definition) is 1. The predicted octanol–water partition coefficient (Wildman–Crippen LogP) is 6.45. The van der Waals surface area contributed by atoms with Crippen molar-refractivity contribution in [2.75, 3.05) is 18.0 Å². The first-order valence-corrected chi connectivity index (χ1v) is 16.6. The summed E-state index contributed by atoms with van der Waals surface area (Å²) in [6, 6.07) is 18.6. The van der Waals surface area contributed by atoms with Gasteiger partial charge in [0, 0.05) is 34.3 Å². The Kier molecular flexibility index (Phi) is 11.3. The summed E-state index contributed by atoms with van der Waals surface area (Å²) in [5, 5.41) is 3.81. The van der Waals surface area contributed by atoms with Gasteiger partial charge in [0.25, 0.3) is 10.0 Å². The van der Waals surface area contributed by atoms with Crippen LogP contribution in [-0.2, 0) is 26.2 Å². The molecule has 0 aliphatic heterocycles. The summed E-state index contributed by atoms with van der Waals surface area (Å²) in [5.74, 6) is -0.440. The maximum atomic E-state index is 14.3. The molecule has 11 heteroatoms. The molecule has 0 saturated heterocycles. The number of carbonyl (C=O) groups excluding carboxylic acids is 2. The first kappa shape index (κ1) is 32.6. The van der Waals surface area contributed by atoms with Crippen molar-refractivity contribution in [1.29, 1.82) is 0 Å². The molecule has 0 radical (unpaired) electrons. The summed E-state index contributed by atoms with van der Waals surface area (Å²) in [6.07, 6.45) is 5.27. The smallest absolute Gasteiger partial charge is 0.264 e. The molecule has 2 amide bonds. The fourth-order valence-electron chi connectivity index (χ4n) is 5.33. The number of halogens is 2. The molecule has 230 valence electrons. The Bertz CT molecular complexity index is 1490. The Balaban J connectivity index is 1.74. The number of rotatable bonds is 12. The molecule has 1 saturated carbocycles. The highest BCUT2D eigenvalue weighted by Gasteiger charge is 2.35. The van der Waals surface area contributed by atoms with E-state index in [2.05, 4.69) is 5.32 Å². The van der Waals surface area contributed by atoms with E-state index in [9.17, 15) is 18.0 Å². The van der Waals surface area contributed by atoms with E-state index in [0.29, 0.717) is 27.8 Å². The zero-order chi connectivity index (χ0) is 31.0. The first-order valence-electron chi connectivity index (χ1n) is 14.4. The van der Waals surface area contributed by atoms with Gasteiger partial charge in [0.15, 0.2) is 0 Å². The van der Waals surface area contributed by atoms with Gasteiger partial charge in [-0.15, -0.1) is 0 Å². The molecule has 0 spiro atoms. The molecule has 3 aromatic carbocycles. The molecule has 43 heavy (non-hydrogen) atoms. The summed E-state index contributed by atoms with van der Waals surface area (Å²) in [6.45, 7) is 1.17. The summed E-state index contributed by atoms with van der Waals surface area (Å²) in [7, 11) is -2.72. The van der Waals surface area contributed by atoms with Crippen LogP contribution >= 0.6 is 23.2 Å². The van der Waals surface area contributed by atoms with Crippen molar-refractivity contribution in [3.63, 3.8) is 0 Å². The topological polar surface area (TPSA) is 96.0 Å². The van der Waals surface area contributed by atoms with Crippen LogP contribution in [0.2, 0.25) is 10.0 Å². The van der Waals surface area contributed by atoms with E-state index in [1.807, 2.05) is 6.92 Å². The number of hydrogen-bond acceptors (Lipinski definition) is 5. The van der Waals surface area contributed by atoms with E-state index in [-0.39, 0.29) is 29.1 Å². The van der Waals surface area contributed by atoms with Gasteiger partial charge in [-0.2, -0.15) is 0 Å². The standard InChI is InChI=1S/C32H37Cl2N3O5S/c1-3-30(32(39)35-23-12-6-4-7-13-23)36(21-27-28(33)18-11-19-29(27)34)31(38)22-37(24-14-10-15-25(20-24)42-2)43(40,41)26-16-8-5-9-17-26/h5,8-11,14-20,23,30H,3-4,6-7,12-13,21-22H2,1-2H3,(H,35,39)/t30-/m1/s1. The molecule has 1 aliphatic rings. The van der Waals surface area contributed by atoms with E-state index in [4.69, 9.17) is 27.9 Å². The van der Waals surface area contributed by atoms with Crippen LogP contribution in [0.5, 0.6) is 5.75 Å². The van der Waals surface area contributed by atoms with Gasteiger partial charge in [-0.1, -0.05) is 79.7 Å². The van der Waals surface area contributed by atoms with E-state index < -0.39 is 28.5 Å². The lowest BCUT2D eigenvalue weighted by Crippen LogP contribution is -2.54. The Hall–Kier alpha value is -3.27. The summed E-state index contributed by atoms with van der Waals surface area (Å²) in [5.41, 5.74) is 0.717. The predicted molar refractivity (Wildman–Crippen MR) is 170 cm³/mol. The monoisotopic (exact) mass is 645 g/mol. The molecule has 8 nitrogen and oxygen atoms in total. The number of anilines is 1. The third-order valence-electron chi connectivity index (χ3n) is 7.68. The molecule has 1 atom stereocenters. The summed E-state index contributed by atoms with van der Waals surface area (Å²) in [4.78, 5) is 29.4. The summed E-state index contributed by atoms with van der Waals surface area (Å²) >= 11 is 13.0. The average Bonchev–Trinajstić information content (AvgIpc) is 3.01. The van der Waals surface area contributed by atoms with Crippen molar-refractivity contribution in [1.82, 2.24) is 10.2 Å². The first-order chi connectivity index (χ1) is 20.6. The van der Waals surface area contributed by atoms with Crippen LogP contribution in [0, 0.1) is 0 Å². The van der Waals surface area contributed by atoms with Crippen LogP contribution in [0.1, 0.15) is 51.0 Å². The Morgan fingerprint density at radius 1 is 0.953 bits per heavy atom. The molecule has 4 rings (SSSR count). The van der Waals surface area contributed by atoms with Crippen molar-refractivity contribution in [3.05, 3.63) is 88.4 Å². The highest BCUT2D eigenvalue weighted by molar-refractivity contribution is 7.92. The van der Waals surface area contributed by atoms with Crippen LogP contribution in [-0.4, -0.2) is 50.9 Å². The number of nitrogens with zero attached hydrogens (tertiary/aromatic N) is 2. The van der Waals surface area contributed by atoms with Gasteiger partial charge >= 0.3 is 0 Å². The van der Waals surface area contributed by atoms with Gasteiger partial charge in [-0.3, -0.25) is 13.9 Å². The fraction of sp³-hybridized carbons (Fsp3) is 0.375.